The Bertz CT molecular complexity index is 645. The molecule has 0 spiro atoms. The molecule has 1 heterocycles. The summed E-state index contributed by atoms with van der Waals surface area (Å²) in [6.07, 6.45) is 6.83. The van der Waals surface area contributed by atoms with Gasteiger partial charge >= 0.3 is 0 Å². The van der Waals surface area contributed by atoms with Gasteiger partial charge in [0.1, 0.15) is 11.6 Å². The topological polar surface area (TPSA) is 56.1 Å². The molecular weight excluding hydrogens is 278 g/mol. The Balaban J connectivity index is 1.65. The number of carbonyl (C=O) groups excluding carboxylic acids is 1. The largest absolute Gasteiger partial charge is 0.497 e. The highest BCUT2D eigenvalue weighted by Crippen LogP contribution is 2.31. The van der Waals surface area contributed by atoms with E-state index in [1.165, 1.54) is 12.8 Å². The van der Waals surface area contributed by atoms with Crippen LogP contribution in [0.2, 0.25) is 0 Å². The van der Waals surface area contributed by atoms with Gasteiger partial charge in [-0.2, -0.15) is 5.10 Å². The Morgan fingerprint density at radius 3 is 2.95 bits per heavy atom. The number of ether oxygens (including phenoxy) is 1. The minimum absolute atomic E-state index is 0.0343. The van der Waals surface area contributed by atoms with E-state index in [0.717, 1.165) is 30.0 Å². The molecule has 5 heteroatoms. The first kappa shape index (κ1) is 14.6. The molecule has 22 heavy (non-hydrogen) atoms. The van der Waals surface area contributed by atoms with E-state index in [9.17, 15) is 4.79 Å². The van der Waals surface area contributed by atoms with E-state index < -0.39 is 0 Å². The van der Waals surface area contributed by atoms with Crippen LogP contribution in [0.4, 0.5) is 5.82 Å². The van der Waals surface area contributed by atoms with Gasteiger partial charge in [0.2, 0.25) is 5.91 Å². The Kier molecular flexibility index (Phi) is 4.42. The number of benzene rings is 1. The van der Waals surface area contributed by atoms with Gasteiger partial charge in [0, 0.05) is 6.07 Å². The lowest BCUT2D eigenvalue weighted by Crippen LogP contribution is -2.19. The van der Waals surface area contributed by atoms with Crippen LogP contribution in [0.25, 0.3) is 0 Å². The van der Waals surface area contributed by atoms with E-state index in [1.54, 1.807) is 13.3 Å². The lowest BCUT2D eigenvalue weighted by Gasteiger charge is -2.14. The third-order valence-electron chi connectivity index (χ3n) is 4.11. The van der Waals surface area contributed by atoms with Gasteiger partial charge in [0.25, 0.3) is 0 Å². The summed E-state index contributed by atoms with van der Waals surface area (Å²) >= 11 is 0. The molecule has 0 radical (unpaired) electrons. The number of carbonyl (C=O) groups is 1. The molecule has 116 valence electrons. The number of amides is 1. The summed E-state index contributed by atoms with van der Waals surface area (Å²) < 4.78 is 7.14. The second-order valence-corrected chi connectivity index (χ2v) is 5.68. The Morgan fingerprint density at radius 1 is 1.36 bits per heavy atom. The molecule has 3 rings (SSSR count). The average Bonchev–Trinajstić information content (AvgIpc) is 3.18. The van der Waals surface area contributed by atoms with Crippen molar-refractivity contribution in [3.63, 3.8) is 0 Å². The van der Waals surface area contributed by atoms with Crippen LogP contribution in [0.5, 0.6) is 5.75 Å². The third-order valence-corrected chi connectivity index (χ3v) is 4.11. The normalized spacial score (nSPS) is 15.0. The molecule has 1 fully saturated rings. The molecule has 0 atom stereocenters. The van der Waals surface area contributed by atoms with Crippen molar-refractivity contribution in [1.29, 1.82) is 0 Å². The Hall–Kier alpha value is -2.30. The maximum Gasteiger partial charge on any atom is 0.229 e. The van der Waals surface area contributed by atoms with Crippen LogP contribution in [0.15, 0.2) is 36.5 Å². The van der Waals surface area contributed by atoms with E-state index in [1.807, 2.05) is 35.0 Å². The number of nitrogens with one attached hydrogen (secondary N) is 1. The fourth-order valence-corrected chi connectivity index (χ4v) is 3.01. The molecule has 1 aliphatic carbocycles. The maximum atomic E-state index is 12.3. The van der Waals surface area contributed by atoms with E-state index in [2.05, 4.69) is 10.4 Å². The second-order valence-electron chi connectivity index (χ2n) is 5.68. The first-order chi connectivity index (χ1) is 10.8. The standard InChI is InChI=1S/C17H21N3O2/c1-22-15-8-4-5-13(11-15)12-17(21)19-16-9-10-18-20(16)14-6-2-3-7-14/h4-5,8-11,14H,2-3,6-7,12H2,1H3,(H,19,21). The quantitative estimate of drug-likeness (QED) is 0.922. The SMILES string of the molecule is COc1cccc(CC(=O)Nc2ccnn2C2CCCC2)c1. The Morgan fingerprint density at radius 2 is 2.18 bits per heavy atom. The molecule has 1 aliphatic rings. The lowest BCUT2D eigenvalue weighted by atomic mass is 10.1. The van der Waals surface area contributed by atoms with Gasteiger partial charge in [0.05, 0.1) is 25.8 Å². The lowest BCUT2D eigenvalue weighted by molar-refractivity contribution is -0.115. The van der Waals surface area contributed by atoms with Crippen LogP contribution in [0, 0.1) is 0 Å². The van der Waals surface area contributed by atoms with Gasteiger partial charge in [-0.15, -0.1) is 0 Å². The molecule has 1 amide bonds. The van der Waals surface area contributed by atoms with Crippen LogP contribution in [0.3, 0.4) is 0 Å². The number of nitrogens with zero attached hydrogens (tertiary/aromatic N) is 2. The minimum atomic E-state index is -0.0343. The van der Waals surface area contributed by atoms with Crippen molar-refractivity contribution >= 4 is 11.7 Å². The molecule has 2 aromatic rings. The zero-order chi connectivity index (χ0) is 15.4. The third kappa shape index (κ3) is 3.30. The molecule has 5 nitrogen and oxygen atoms in total. The van der Waals surface area contributed by atoms with Gasteiger partial charge in [-0.05, 0) is 30.5 Å². The van der Waals surface area contributed by atoms with Gasteiger partial charge in [-0.25, -0.2) is 4.68 Å². The van der Waals surface area contributed by atoms with Crippen molar-refractivity contribution in [3.05, 3.63) is 42.1 Å². The number of aromatic nitrogens is 2. The smallest absolute Gasteiger partial charge is 0.229 e. The molecule has 1 saturated carbocycles. The molecular formula is C17H21N3O2. The van der Waals surface area contributed by atoms with Gasteiger partial charge in [-0.1, -0.05) is 25.0 Å². The minimum Gasteiger partial charge on any atom is -0.497 e. The van der Waals surface area contributed by atoms with Crippen LogP contribution in [-0.4, -0.2) is 22.8 Å². The molecule has 1 aromatic carbocycles. The van der Waals surface area contributed by atoms with Crippen LogP contribution < -0.4 is 10.1 Å². The fourth-order valence-electron chi connectivity index (χ4n) is 3.01. The number of hydrogen-bond acceptors (Lipinski definition) is 3. The molecule has 0 aliphatic heterocycles. The molecule has 0 bridgehead atoms. The monoisotopic (exact) mass is 299 g/mol. The van der Waals surface area contributed by atoms with E-state index >= 15 is 0 Å². The Labute approximate surface area is 130 Å². The summed E-state index contributed by atoms with van der Waals surface area (Å²) in [5.74, 6) is 1.52. The van der Waals surface area contributed by atoms with Crippen LogP contribution in [0.1, 0.15) is 37.3 Å². The van der Waals surface area contributed by atoms with Gasteiger partial charge in [-0.3, -0.25) is 4.79 Å². The summed E-state index contributed by atoms with van der Waals surface area (Å²) in [4.78, 5) is 12.3. The highest BCUT2D eigenvalue weighted by molar-refractivity contribution is 5.91. The predicted molar refractivity (Wildman–Crippen MR) is 85.1 cm³/mol. The van der Waals surface area contributed by atoms with Crippen molar-refractivity contribution in [2.24, 2.45) is 0 Å². The molecule has 0 saturated heterocycles. The average molecular weight is 299 g/mol. The van der Waals surface area contributed by atoms with E-state index in [4.69, 9.17) is 4.74 Å². The number of methoxy groups -OCH3 is 1. The van der Waals surface area contributed by atoms with Crippen molar-refractivity contribution < 1.29 is 9.53 Å². The number of rotatable bonds is 5. The number of anilines is 1. The first-order valence-corrected chi connectivity index (χ1v) is 7.72. The summed E-state index contributed by atoms with van der Waals surface area (Å²) in [5.41, 5.74) is 0.934. The van der Waals surface area contributed by atoms with Gasteiger partial charge < -0.3 is 10.1 Å². The van der Waals surface area contributed by atoms with Crippen molar-refractivity contribution in [1.82, 2.24) is 9.78 Å². The van der Waals surface area contributed by atoms with Crippen LogP contribution >= 0.6 is 0 Å². The van der Waals surface area contributed by atoms with Gasteiger partial charge in [0.15, 0.2) is 0 Å². The zero-order valence-electron chi connectivity index (χ0n) is 12.8. The van der Waals surface area contributed by atoms with E-state index in [-0.39, 0.29) is 5.91 Å². The summed E-state index contributed by atoms with van der Waals surface area (Å²) in [7, 11) is 1.62. The summed E-state index contributed by atoms with van der Waals surface area (Å²) in [5, 5.41) is 7.34. The number of hydrogen-bond donors (Lipinski definition) is 1. The summed E-state index contributed by atoms with van der Waals surface area (Å²) in [6, 6.07) is 9.86. The summed E-state index contributed by atoms with van der Waals surface area (Å²) in [6.45, 7) is 0. The van der Waals surface area contributed by atoms with Crippen LogP contribution in [-0.2, 0) is 11.2 Å². The maximum absolute atomic E-state index is 12.3. The predicted octanol–water partition coefficient (Wildman–Crippen LogP) is 3.19. The second kappa shape index (κ2) is 6.64. The molecule has 1 N–H and O–H groups in total. The van der Waals surface area contributed by atoms with Crippen molar-refractivity contribution in [2.45, 2.75) is 38.1 Å². The van der Waals surface area contributed by atoms with Crippen molar-refractivity contribution in [3.8, 4) is 5.75 Å². The van der Waals surface area contributed by atoms with Crippen molar-refractivity contribution in [2.75, 3.05) is 12.4 Å². The zero-order valence-corrected chi connectivity index (χ0v) is 12.8. The fraction of sp³-hybridized carbons (Fsp3) is 0.412. The molecule has 1 aromatic heterocycles. The highest BCUT2D eigenvalue weighted by atomic mass is 16.5. The molecule has 0 unspecified atom stereocenters. The first-order valence-electron chi connectivity index (χ1n) is 7.72. The highest BCUT2D eigenvalue weighted by Gasteiger charge is 2.20. The van der Waals surface area contributed by atoms with E-state index in [0.29, 0.717) is 12.5 Å².